The van der Waals surface area contributed by atoms with Crippen molar-refractivity contribution in [2.45, 2.75) is 25.4 Å². The first-order valence-corrected chi connectivity index (χ1v) is 9.56. The van der Waals surface area contributed by atoms with E-state index >= 15 is 0 Å². The van der Waals surface area contributed by atoms with Crippen molar-refractivity contribution in [3.63, 3.8) is 0 Å². The normalized spacial score (nSPS) is 12.2. The SMILES string of the molecule is CC(C)(c1cc(F)cc(-c2ccc(F)nc2F)n1)c1cccc(-n2ccc(C(F)(F)F)n2)n1. The minimum absolute atomic E-state index is 0.0962. The monoisotopic (exact) mass is 463 g/mol. The molecular weight excluding hydrogens is 448 g/mol. The summed E-state index contributed by atoms with van der Waals surface area (Å²) in [5.74, 6) is -2.77. The molecule has 170 valence electrons. The summed E-state index contributed by atoms with van der Waals surface area (Å²) >= 11 is 0. The summed E-state index contributed by atoms with van der Waals surface area (Å²) in [6.45, 7) is 3.35. The molecule has 4 rings (SSSR count). The average molecular weight is 463 g/mol. The number of aromatic nitrogens is 5. The standard InChI is InChI=1S/C22H15F6N5/c1-21(2,15-4-3-5-19(30-15)33-9-8-16(32-33)22(26,27)28)17-11-12(23)10-14(29-17)13-6-7-18(24)31-20(13)25/h3-11H,1-2H3. The van der Waals surface area contributed by atoms with Crippen LogP contribution in [0.3, 0.4) is 0 Å². The molecule has 11 heteroatoms. The van der Waals surface area contributed by atoms with E-state index in [2.05, 4.69) is 20.1 Å². The van der Waals surface area contributed by atoms with Crippen LogP contribution >= 0.6 is 0 Å². The highest BCUT2D eigenvalue weighted by Gasteiger charge is 2.34. The van der Waals surface area contributed by atoms with Crippen LogP contribution in [0.4, 0.5) is 26.3 Å². The minimum atomic E-state index is -4.60. The molecule has 0 radical (unpaired) electrons. The molecule has 0 spiro atoms. The first-order valence-electron chi connectivity index (χ1n) is 9.56. The molecule has 4 aromatic rings. The van der Waals surface area contributed by atoms with E-state index in [0.29, 0.717) is 5.69 Å². The molecule has 5 nitrogen and oxygen atoms in total. The van der Waals surface area contributed by atoms with E-state index in [1.165, 1.54) is 6.07 Å². The topological polar surface area (TPSA) is 56.5 Å². The van der Waals surface area contributed by atoms with Gasteiger partial charge < -0.3 is 0 Å². The Kier molecular flexibility index (Phi) is 5.43. The molecule has 0 fully saturated rings. The van der Waals surface area contributed by atoms with E-state index in [-0.39, 0.29) is 22.8 Å². The van der Waals surface area contributed by atoms with Crippen LogP contribution in [0.25, 0.3) is 17.1 Å². The van der Waals surface area contributed by atoms with Gasteiger partial charge in [-0.15, -0.1) is 0 Å². The van der Waals surface area contributed by atoms with Crippen molar-refractivity contribution in [1.29, 1.82) is 0 Å². The number of halogens is 6. The van der Waals surface area contributed by atoms with Crippen LogP contribution in [0, 0.1) is 17.7 Å². The maximum Gasteiger partial charge on any atom is 0.435 e. The Morgan fingerprint density at radius 1 is 0.788 bits per heavy atom. The number of pyridine rings is 3. The van der Waals surface area contributed by atoms with Crippen molar-refractivity contribution in [2.75, 3.05) is 0 Å². The minimum Gasteiger partial charge on any atom is -0.251 e. The van der Waals surface area contributed by atoms with Gasteiger partial charge in [-0.2, -0.15) is 32.0 Å². The molecule has 0 saturated heterocycles. The quantitative estimate of drug-likeness (QED) is 0.297. The smallest absolute Gasteiger partial charge is 0.251 e. The Morgan fingerprint density at radius 2 is 1.55 bits per heavy atom. The van der Waals surface area contributed by atoms with Crippen LogP contribution in [0.5, 0.6) is 0 Å². The molecule has 0 atom stereocenters. The van der Waals surface area contributed by atoms with Gasteiger partial charge in [0, 0.05) is 17.7 Å². The lowest BCUT2D eigenvalue weighted by Gasteiger charge is -2.25. The van der Waals surface area contributed by atoms with Gasteiger partial charge in [-0.1, -0.05) is 6.07 Å². The predicted octanol–water partition coefficient (Wildman–Crippen LogP) is 5.49. The van der Waals surface area contributed by atoms with Crippen molar-refractivity contribution in [1.82, 2.24) is 24.7 Å². The van der Waals surface area contributed by atoms with E-state index < -0.39 is 35.0 Å². The Hall–Kier alpha value is -3.76. The summed E-state index contributed by atoms with van der Waals surface area (Å²) < 4.78 is 81.3. The summed E-state index contributed by atoms with van der Waals surface area (Å²) in [4.78, 5) is 11.8. The zero-order valence-corrected chi connectivity index (χ0v) is 17.2. The number of hydrogen-bond acceptors (Lipinski definition) is 4. The van der Waals surface area contributed by atoms with Gasteiger partial charge in [-0.3, -0.25) is 4.98 Å². The molecule has 0 saturated carbocycles. The number of nitrogens with zero attached hydrogens (tertiary/aromatic N) is 5. The van der Waals surface area contributed by atoms with Gasteiger partial charge in [0.25, 0.3) is 0 Å². The van der Waals surface area contributed by atoms with Gasteiger partial charge in [-0.05, 0) is 50.2 Å². The van der Waals surface area contributed by atoms with Gasteiger partial charge in [0.1, 0.15) is 5.82 Å². The second-order valence-electron chi connectivity index (χ2n) is 7.68. The fourth-order valence-electron chi connectivity index (χ4n) is 3.19. The van der Waals surface area contributed by atoms with Crippen molar-refractivity contribution in [3.05, 3.63) is 89.5 Å². The Labute approximate surface area is 183 Å². The lowest BCUT2D eigenvalue weighted by atomic mass is 9.84. The zero-order chi connectivity index (χ0) is 24.0. The first-order chi connectivity index (χ1) is 15.4. The third-order valence-electron chi connectivity index (χ3n) is 5.01. The average Bonchev–Trinajstić information content (AvgIpc) is 3.24. The van der Waals surface area contributed by atoms with E-state index in [9.17, 15) is 26.3 Å². The molecule has 0 unspecified atom stereocenters. The van der Waals surface area contributed by atoms with Crippen LogP contribution < -0.4 is 0 Å². The molecule has 4 heterocycles. The second kappa shape index (κ2) is 7.98. The highest BCUT2D eigenvalue weighted by atomic mass is 19.4. The maximum absolute atomic E-state index is 14.4. The molecule has 0 aliphatic rings. The third-order valence-corrected chi connectivity index (χ3v) is 5.01. The van der Waals surface area contributed by atoms with Crippen molar-refractivity contribution >= 4 is 0 Å². The molecule has 0 aliphatic carbocycles. The Balaban J connectivity index is 1.75. The Bertz CT molecular complexity index is 1330. The summed E-state index contributed by atoms with van der Waals surface area (Å²) in [6.07, 6.45) is -3.47. The van der Waals surface area contributed by atoms with Crippen LogP contribution in [0.2, 0.25) is 0 Å². The van der Waals surface area contributed by atoms with Crippen molar-refractivity contribution < 1.29 is 26.3 Å². The molecular formula is C22H15F6N5. The second-order valence-corrected chi connectivity index (χ2v) is 7.68. The molecule has 0 aliphatic heterocycles. The van der Waals surface area contributed by atoms with Gasteiger partial charge in [0.15, 0.2) is 11.5 Å². The van der Waals surface area contributed by atoms with Crippen LogP contribution in [-0.2, 0) is 11.6 Å². The zero-order valence-electron chi connectivity index (χ0n) is 17.2. The molecule has 0 aromatic carbocycles. The summed E-state index contributed by atoms with van der Waals surface area (Å²) in [5, 5.41) is 3.51. The van der Waals surface area contributed by atoms with E-state index in [1.807, 2.05) is 0 Å². The Morgan fingerprint density at radius 3 is 2.21 bits per heavy atom. The van der Waals surface area contributed by atoms with E-state index in [4.69, 9.17) is 0 Å². The van der Waals surface area contributed by atoms with Gasteiger partial charge in [-0.25, -0.2) is 14.1 Å². The molecule has 0 N–H and O–H groups in total. The van der Waals surface area contributed by atoms with Crippen LogP contribution in [0.15, 0.2) is 54.7 Å². The molecule has 33 heavy (non-hydrogen) atoms. The summed E-state index contributed by atoms with van der Waals surface area (Å²) in [6, 6.07) is 9.63. The molecule has 4 aromatic heterocycles. The fourth-order valence-corrected chi connectivity index (χ4v) is 3.19. The highest BCUT2D eigenvalue weighted by molar-refractivity contribution is 5.59. The highest BCUT2D eigenvalue weighted by Crippen LogP contribution is 2.33. The van der Waals surface area contributed by atoms with Crippen LogP contribution in [-0.4, -0.2) is 24.7 Å². The largest absolute Gasteiger partial charge is 0.435 e. The van der Waals surface area contributed by atoms with Crippen LogP contribution in [0.1, 0.15) is 30.9 Å². The third kappa shape index (κ3) is 4.43. The van der Waals surface area contributed by atoms with E-state index in [1.54, 1.807) is 26.0 Å². The number of hydrogen-bond donors (Lipinski definition) is 0. The molecule has 0 amide bonds. The number of alkyl halides is 3. The number of rotatable bonds is 4. The molecule has 0 bridgehead atoms. The van der Waals surface area contributed by atoms with E-state index in [0.717, 1.165) is 41.2 Å². The lowest BCUT2D eigenvalue weighted by Crippen LogP contribution is -2.23. The maximum atomic E-state index is 14.4. The predicted molar refractivity (Wildman–Crippen MR) is 106 cm³/mol. The van der Waals surface area contributed by atoms with Gasteiger partial charge >= 0.3 is 6.18 Å². The summed E-state index contributed by atoms with van der Waals surface area (Å²) in [5.41, 5.74) is -1.88. The van der Waals surface area contributed by atoms with Crippen molar-refractivity contribution in [3.8, 4) is 17.1 Å². The summed E-state index contributed by atoms with van der Waals surface area (Å²) in [7, 11) is 0. The van der Waals surface area contributed by atoms with Gasteiger partial charge in [0.05, 0.1) is 22.6 Å². The van der Waals surface area contributed by atoms with Gasteiger partial charge in [0.2, 0.25) is 11.9 Å². The van der Waals surface area contributed by atoms with Crippen molar-refractivity contribution in [2.24, 2.45) is 0 Å². The lowest BCUT2D eigenvalue weighted by molar-refractivity contribution is -0.141. The fraction of sp³-hybridized carbons (Fsp3) is 0.182. The first kappa shape index (κ1) is 22.4.